The second-order valence-electron chi connectivity index (χ2n) is 7.65. The van der Waals surface area contributed by atoms with Gasteiger partial charge in [0.2, 0.25) is 0 Å². The highest BCUT2D eigenvalue weighted by Gasteiger charge is 2.35. The molecule has 4 aromatic rings. The van der Waals surface area contributed by atoms with Crippen molar-refractivity contribution >= 4 is 34.2 Å². The first-order chi connectivity index (χ1) is 16.1. The Bertz CT molecular complexity index is 1310. The number of furan rings is 2. The van der Waals surface area contributed by atoms with E-state index < -0.39 is 0 Å². The van der Waals surface area contributed by atoms with Crippen LogP contribution in [0.1, 0.15) is 34.3 Å². The average Bonchev–Trinajstić information content (AvgIpc) is 3.60. The number of hydrogen-bond donors (Lipinski definition) is 2. The Labute approximate surface area is 189 Å². The second-order valence-corrected chi connectivity index (χ2v) is 7.65. The number of fused-ring (bicyclic) bond motifs is 1. The topological polar surface area (TPSA) is 100 Å². The van der Waals surface area contributed by atoms with E-state index in [1.807, 2.05) is 36.4 Å². The van der Waals surface area contributed by atoms with Crippen LogP contribution >= 0.6 is 0 Å². The molecule has 2 aromatic heterocycles. The van der Waals surface area contributed by atoms with Crippen LogP contribution in [0.4, 0.5) is 5.69 Å². The van der Waals surface area contributed by atoms with Gasteiger partial charge in [-0.2, -0.15) is 5.10 Å². The molecule has 0 aliphatic carbocycles. The van der Waals surface area contributed by atoms with E-state index in [0.29, 0.717) is 34.9 Å². The zero-order valence-electron chi connectivity index (χ0n) is 17.9. The van der Waals surface area contributed by atoms with Gasteiger partial charge in [-0.1, -0.05) is 30.3 Å². The molecule has 3 heterocycles. The van der Waals surface area contributed by atoms with Crippen LogP contribution in [0.2, 0.25) is 0 Å². The lowest BCUT2D eigenvalue weighted by molar-refractivity contribution is -0.131. The van der Waals surface area contributed by atoms with E-state index in [4.69, 9.17) is 8.83 Å². The normalized spacial score (nSPS) is 15.5. The number of para-hydroxylation sites is 2. The Kier molecular flexibility index (Phi) is 5.40. The Morgan fingerprint density at radius 3 is 2.70 bits per heavy atom. The van der Waals surface area contributed by atoms with Crippen molar-refractivity contribution in [2.75, 3.05) is 18.9 Å². The molecule has 5 rings (SSSR count). The van der Waals surface area contributed by atoms with Crippen LogP contribution in [0.3, 0.4) is 0 Å². The number of hydrogen-bond acceptors (Lipinski definition) is 6. The minimum atomic E-state index is -0.383. The zero-order chi connectivity index (χ0) is 22.8. The summed E-state index contributed by atoms with van der Waals surface area (Å²) in [6.45, 7) is -0.0396. The lowest BCUT2D eigenvalue weighted by atomic mass is 10.1. The van der Waals surface area contributed by atoms with Gasteiger partial charge < -0.3 is 19.5 Å². The molecule has 33 heavy (non-hydrogen) atoms. The third kappa shape index (κ3) is 3.98. The van der Waals surface area contributed by atoms with E-state index in [2.05, 4.69) is 15.7 Å². The van der Waals surface area contributed by atoms with Gasteiger partial charge in [0.15, 0.2) is 5.76 Å². The molecule has 2 amide bonds. The van der Waals surface area contributed by atoms with E-state index in [1.165, 1.54) is 5.01 Å². The third-order valence-corrected chi connectivity index (χ3v) is 5.58. The maximum atomic E-state index is 13.2. The lowest BCUT2D eigenvalue weighted by Gasteiger charge is -2.20. The van der Waals surface area contributed by atoms with Crippen LogP contribution in [0.15, 0.2) is 86.9 Å². The number of benzene rings is 2. The summed E-state index contributed by atoms with van der Waals surface area (Å²) in [5.41, 5.74) is 2.47. The van der Waals surface area contributed by atoms with Gasteiger partial charge >= 0.3 is 0 Å². The van der Waals surface area contributed by atoms with Crippen LogP contribution in [0.5, 0.6) is 0 Å². The number of carbonyl (C=O) groups is 2. The van der Waals surface area contributed by atoms with Crippen LogP contribution < -0.4 is 10.6 Å². The molecular weight excluding hydrogens is 420 g/mol. The van der Waals surface area contributed by atoms with Gasteiger partial charge in [-0.25, -0.2) is 5.01 Å². The van der Waals surface area contributed by atoms with E-state index in [1.54, 1.807) is 43.6 Å². The summed E-state index contributed by atoms with van der Waals surface area (Å²) in [5.74, 6) is 0.782. The van der Waals surface area contributed by atoms with Gasteiger partial charge in [0.1, 0.15) is 23.1 Å². The minimum absolute atomic E-state index is 0.0396. The average molecular weight is 442 g/mol. The first-order valence-corrected chi connectivity index (χ1v) is 10.6. The van der Waals surface area contributed by atoms with Crippen LogP contribution in [0.25, 0.3) is 11.0 Å². The predicted molar refractivity (Wildman–Crippen MR) is 124 cm³/mol. The highest BCUT2D eigenvalue weighted by molar-refractivity contribution is 6.04. The fraction of sp³-hybridized carbons (Fsp3) is 0.160. The Balaban J connectivity index is 1.40. The summed E-state index contributed by atoms with van der Waals surface area (Å²) in [7, 11) is 1.57. The highest BCUT2D eigenvalue weighted by atomic mass is 16.3. The molecule has 0 bridgehead atoms. The number of carbonyl (C=O) groups excluding carboxylic acids is 2. The Morgan fingerprint density at radius 2 is 1.91 bits per heavy atom. The molecule has 0 spiro atoms. The minimum Gasteiger partial charge on any atom is -0.467 e. The molecule has 8 heteroatoms. The van der Waals surface area contributed by atoms with E-state index in [-0.39, 0.29) is 24.4 Å². The lowest BCUT2D eigenvalue weighted by Crippen LogP contribution is -2.32. The summed E-state index contributed by atoms with van der Waals surface area (Å²) in [6, 6.07) is 19.9. The second kappa shape index (κ2) is 8.66. The molecule has 1 aliphatic rings. The van der Waals surface area contributed by atoms with Crippen molar-refractivity contribution in [3.63, 3.8) is 0 Å². The summed E-state index contributed by atoms with van der Waals surface area (Å²) in [6.07, 6.45) is 2.04. The number of anilines is 1. The van der Waals surface area contributed by atoms with E-state index in [9.17, 15) is 9.59 Å². The number of amides is 2. The fourth-order valence-corrected chi connectivity index (χ4v) is 3.94. The molecule has 0 saturated carbocycles. The first-order valence-electron chi connectivity index (χ1n) is 10.6. The number of rotatable bonds is 6. The first kappa shape index (κ1) is 20.6. The van der Waals surface area contributed by atoms with Crippen molar-refractivity contribution in [1.29, 1.82) is 0 Å². The molecule has 2 aromatic carbocycles. The SMILES string of the molecule is CNC(=O)c1ccccc1NCC(=O)N1N=C(c2cc3ccccc3o2)CC1c1ccco1. The van der Waals surface area contributed by atoms with Gasteiger partial charge in [-0.15, -0.1) is 0 Å². The van der Waals surface area contributed by atoms with E-state index >= 15 is 0 Å². The van der Waals surface area contributed by atoms with Crippen molar-refractivity contribution < 1.29 is 18.4 Å². The van der Waals surface area contributed by atoms with Gasteiger partial charge in [-0.3, -0.25) is 9.59 Å². The fourth-order valence-electron chi connectivity index (χ4n) is 3.94. The van der Waals surface area contributed by atoms with Gasteiger partial charge in [0.25, 0.3) is 11.8 Å². The molecule has 1 unspecified atom stereocenters. The van der Waals surface area contributed by atoms with Gasteiger partial charge in [0.05, 0.1) is 18.4 Å². The van der Waals surface area contributed by atoms with Crippen molar-refractivity contribution in [3.05, 3.63) is 90.1 Å². The highest BCUT2D eigenvalue weighted by Crippen LogP contribution is 2.34. The van der Waals surface area contributed by atoms with Crippen LogP contribution in [-0.2, 0) is 4.79 Å². The Morgan fingerprint density at radius 1 is 1.09 bits per heavy atom. The molecule has 0 saturated heterocycles. The number of nitrogens with zero attached hydrogens (tertiary/aromatic N) is 2. The monoisotopic (exact) mass is 442 g/mol. The zero-order valence-corrected chi connectivity index (χ0v) is 17.9. The molecular formula is C25H22N4O4. The summed E-state index contributed by atoms with van der Waals surface area (Å²) in [5, 5.41) is 12.7. The van der Waals surface area contributed by atoms with Crippen molar-refractivity contribution in [1.82, 2.24) is 10.3 Å². The molecule has 1 atom stereocenters. The van der Waals surface area contributed by atoms with Crippen molar-refractivity contribution in [2.24, 2.45) is 5.10 Å². The Hall–Kier alpha value is -4.33. The summed E-state index contributed by atoms with van der Waals surface area (Å²) < 4.78 is 11.6. The van der Waals surface area contributed by atoms with Gasteiger partial charge in [0, 0.05) is 24.5 Å². The number of nitrogens with one attached hydrogen (secondary N) is 2. The standard InChI is InChI=1S/C25H22N4O4/c1-26-25(31)17-8-3-4-9-18(17)27-15-24(30)29-20(22-11-6-12-32-22)14-19(28-29)23-13-16-7-2-5-10-21(16)33-23/h2-13,20,27H,14-15H2,1H3,(H,26,31). The quantitative estimate of drug-likeness (QED) is 0.467. The maximum Gasteiger partial charge on any atom is 0.262 e. The van der Waals surface area contributed by atoms with Crippen molar-refractivity contribution in [3.8, 4) is 0 Å². The molecule has 166 valence electrons. The summed E-state index contributed by atoms with van der Waals surface area (Å²) in [4.78, 5) is 25.3. The number of hydrazone groups is 1. The molecule has 0 radical (unpaired) electrons. The molecule has 1 aliphatic heterocycles. The van der Waals surface area contributed by atoms with Crippen LogP contribution in [-0.4, -0.2) is 36.1 Å². The molecule has 2 N–H and O–H groups in total. The molecule has 8 nitrogen and oxygen atoms in total. The smallest absolute Gasteiger partial charge is 0.262 e. The summed E-state index contributed by atoms with van der Waals surface area (Å²) >= 11 is 0. The van der Waals surface area contributed by atoms with Crippen molar-refractivity contribution in [2.45, 2.75) is 12.5 Å². The van der Waals surface area contributed by atoms with E-state index in [0.717, 1.165) is 11.0 Å². The van der Waals surface area contributed by atoms with Gasteiger partial charge in [-0.05, 0) is 36.4 Å². The largest absolute Gasteiger partial charge is 0.467 e. The third-order valence-electron chi connectivity index (χ3n) is 5.58. The predicted octanol–water partition coefficient (Wildman–Crippen LogP) is 4.18. The van der Waals surface area contributed by atoms with Crippen LogP contribution in [0, 0.1) is 0 Å². The maximum absolute atomic E-state index is 13.2. The molecule has 0 fully saturated rings.